The zero-order valence-electron chi connectivity index (χ0n) is 16.1. The van der Waals surface area contributed by atoms with Crippen molar-refractivity contribution in [3.05, 3.63) is 53.9 Å². The number of alkyl halides is 1. The number of hydrogen-bond acceptors (Lipinski definition) is 4. The average Bonchev–Trinajstić information content (AvgIpc) is 2.62. The largest absolute Gasteiger partial charge is 0.306 e. The van der Waals surface area contributed by atoms with Crippen molar-refractivity contribution >= 4 is 17.3 Å². The predicted octanol–water partition coefficient (Wildman–Crippen LogP) is 3.16. The molecule has 4 aliphatic rings. The van der Waals surface area contributed by atoms with Gasteiger partial charge in [-0.25, -0.2) is 4.98 Å². The zero-order chi connectivity index (χ0) is 18.7. The fraction of sp³-hybridized carbons (Fsp3) is 0.524. The molecule has 5 nitrogen and oxygen atoms in total. The molecule has 1 aromatic heterocycles. The molecule has 0 saturated carbocycles. The van der Waals surface area contributed by atoms with Crippen LogP contribution in [-0.4, -0.2) is 71.4 Å². The molecule has 0 N–H and O–H groups in total. The van der Waals surface area contributed by atoms with Crippen LogP contribution in [0.4, 0.5) is 0 Å². The standard InChI is InChI=1S/C21H29ClN5/c1-25-11-6-14-26-13-4-2-3-8-19-17-27(24-19,15-7-12-25)21(22)20-10-5-9-18(16-26)23-20/h2-5,8-10,21H,6-7,11-17H2,1H3/q+1/b4-2+,8-3+. The lowest BCUT2D eigenvalue weighted by molar-refractivity contribution is -0.958. The molecule has 0 aromatic carbocycles. The van der Waals surface area contributed by atoms with Gasteiger partial charge >= 0.3 is 0 Å². The minimum atomic E-state index is -0.234. The van der Waals surface area contributed by atoms with Gasteiger partial charge in [-0.1, -0.05) is 29.4 Å². The van der Waals surface area contributed by atoms with Crippen LogP contribution < -0.4 is 0 Å². The summed E-state index contributed by atoms with van der Waals surface area (Å²) >= 11 is 6.99. The number of aromatic nitrogens is 1. The van der Waals surface area contributed by atoms with Crippen LogP contribution >= 0.6 is 11.6 Å². The lowest BCUT2D eigenvalue weighted by Gasteiger charge is -2.42. The van der Waals surface area contributed by atoms with Crippen LogP contribution in [0.25, 0.3) is 0 Å². The van der Waals surface area contributed by atoms with Crippen LogP contribution in [0.15, 0.2) is 47.6 Å². The average molecular weight is 387 g/mol. The molecule has 4 aliphatic heterocycles. The van der Waals surface area contributed by atoms with E-state index in [4.69, 9.17) is 21.7 Å². The maximum atomic E-state index is 6.99. The second kappa shape index (κ2) is 8.23. The number of nitrogens with zero attached hydrogens (tertiary/aromatic N) is 5. The first-order valence-corrected chi connectivity index (χ1v) is 10.4. The van der Waals surface area contributed by atoms with Gasteiger partial charge in [0, 0.05) is 32.6 Å². The molecule has 1 aromatic rings. The van der Waals surface area contributed by atoms with Crippen LogP contribution in [0.1, 0.15) is 29.7 Å². The summed E-state index contributed by atoms with van der Waals surface area (Å²) in [6.45, 7) is 6.87. The molecular weight excluding hydrogens is 358 g/mol. The number of rotatable bonds is 0. The Morgan fingerprint density at radius 3 is 2.89 bits per heavy atom. The number of halogens is 1. The molecule has 5 bridgehead atoms. The highest BCUT2D eigenvalue weighted by atomic mass is 35.5. The fourth-order valence-corrected chi connectivity index (χ4v) is 4.49. The van der Waals surface area contributed by atoms with Gasteiger partial charge in [0.25, 0.3) is 0 Å². The minimum absolute atomic E-state index is 0.234. The molecule has 27 heavy (non-hydrogen) atoms. The van der Waals surface area contributed by atoms with Crippen LogP contribution in [-0.2, 0) is 6.54 Å². The number of quaternary nitrogens is 1. The molecule has 3 unspecified atom stereocenters. The van der Waals surface area contributed by atoms with Crippen LogP contribution in [0.5, 0.6) is 0 Å². The van der Waals surface area contributed by atoms with Gasteiger partial charge < -0.3 is 4.90 Å². The third kappa shape index (κ3) is 4.32. The van der Waals surface area contributed by atoms with Crippen molar-refractivity contribution in [3.8, 4) is 0 Å². The Labute approximate surface area is 167 Å². The van der Waals surface area contributed by atoms with Crippen molar-refractivity contribution in [2.75, 3.05) is 46.3 Å². The highest BCUT2D eigenvalue weighted by molar-refractivity contribution is 6.20. The van der Waals surface area contributed by atoms with E-state index in [2.05, 4.69) is 59.4 Å². The molecule has 5 rings (SSSR count). The zero-order valence-corrected chi connectivity index (χ0v) is 16.9. The van der Waals surface area contributed by atoms with E-state index in [-0.39, 0.29) is 5.50 Å². The maximum absolute atomic E-state index is 6.99. The number of pyridine rings is 1. The maximum Gasteiger partial charge on any atom is 0.232 e. The van der Waals surface area contributed by atoms with Gasteiger partial charge in [-0.2, -0.15) is 4.59 Å². The molecule has 0 fully saturated rings. The SMILES string of the molecule is CN1CCCN2C/C=C/C=C/C3=N[N+](CCC1)(C3)C(Cl)c1cccc(n1)C2. The normalized spacial score (nSPS) is 34.5. The van der Waals surface area contributed by atoms with E-state index in [1.165, 1.54) is 6.42 Å². The van der Waals surface area contributed by atoms with E-state index < -0.39 is 0 Å². The Hall–Kier alpha value is -1.53. The minimum Gasteiger partial charge on any atom is -0.306 e. The summed E-state index contributed by atoms with van der Waals surface area (Å²) in [5.41, 5.74) is 2.92. The van der Waals surface area contributed by atoms with Gasteiger partial charge in [0.2, 0.25) is 5.50 Å². The number of allylic oxidation sites excluding steroid dienone is 2. The third-order valence-electron chi connectivity index (χ3n) is 5.64. The second-order valence-corrected chi connectivity index (χ2v) is 8.30. The summed E-state index contributed by atoms with van der Waals surface area (Å²) in [6.07, 6.45) is 10.8. The van der Waals surface area contributed by atoms with Crippen molar-refractivity contribution in [2.45, 2.75) is 24.9 Å². The molecule has 3 atom stereocenters. The molecule has 144 valence electrons. The Morgan fingerprint density at radius 2 is 2.00 bits per heavy atom. The Balaban J connectivity index is 1.74. The lowest BCUT2D eigenvalue weighted by atomic mass is 10.1. The Bertz CT molecular complexity index is 759. The van der Waals surface area contributed by atoms with Crippen molar-refractivity contribution in [1.29, 1.82) is 0 Å². The topological polar surface area (TPSA) is 31.7 Å². The monoisotopic (exact) mass is 386 g/mol. The highest BCUT2D eigenvalue weighted by Crippen LogP contribution is 2.37. The number of hydrogen-bond donors (Lipinski definition) is 0. The van der Waals surface area contributed by atoms with Crippen molar-refractivity contribution in [1.82, 2.24) is 14.8 Å². The van der Waals surface area contributed by atoms with Crippen molar-refractivity contribution in [3.63, 3.8) is 0 Å². The van der Waals surface area contributed by atoms with Gasteiger partial charge in [0.1, 0.15) is 12.2 Å². The van der Waals surface area contributed by atoms with Crippen LogP contribution in [0.2, 0.25) is 0 Å². The molecule has 0 amide bonds. The van der Waals surface area contributed by atoms with Gasteiger partial charge in [-0.05, 0) is 49.8 Å². The predicted molar refractivity (Wildman–Crippen MR) is 111 cm³/mol. The summed E-state index contributed by atoms with van der Waals surface area (Å²) in [7, 11) is 2.22. The smallest absolute Gasteiger partial charge is 0.232 e. The summed E-state index contributed by atoms with van der Waals surface area (Å²) in [6, 6.07) is 6.26. The van der Waals surface area contributed by atoms with Crippen molar-refractivity contribution in [2.24, 2.45) is 5.10 Å². The van der Waals surface area contributed by atoms with E-state index in [0.717, 1.165) is 69.3 Å². The van der Waals surface area contributed by atoms with E-state index in [1.54, 1.807) is 0 Å². The molecule has 1 spiro atoms. The quantitative estimate of drug-likeness (QED) is 0.390. The van der Waals surface area contributed by atoms with Gasteiger partial charge in [-0.15, -0.1) is 0 Å². The van der Waals surface area contributed by atoms with Gasteiger partial charge in [0.15, 0.2) is 12.3 Å². The third-order valence-corrected chi connectivity index (χ3v) is 6.23. The lowest BCUT2D eigenvalue weighted by Crippen LogP contribution is -2.56. The summed E-state index contributed by atoms with van der Waals surface area (Å²) in [5.74, 6) is 0. The summed E-state index contributed by atoms with van der Waals surface area (Å²) in [4.78, 5) is 9.83. The fourth-order valence-electron chi connectivity index (χ4n) is 4.16. The number of fused-ring (bicyclic) bond motifs is 2. The first kappa shape index (κ1) is 18.8. The summed E-state index contributed by atoms with van der Waals surface area (Å²) in [5, 5.41) is 4.96. The van der Waals surface area contributed by atoms with E-state index in [9.17, 15) is 0 Å². The van der Waals surface area contributed by atoms with Gasteiger partial charge in [-0.3, -0.25) is 4.90 Å². The second-order valence-electron chi connectivity index (χ2n) is 7.88. The molecule has 0 saturated heterocycles. The first-order chi connectivity index (χ1) is 13.1. The van der Waals surface area contributed by atoms with Crippen molar-refractivity contribution < 1.29 is 4.59 Å². The summed E-state index contributed by atoms with van der Waals surface area (Å²) < 4.78 is 0.555. The molecule has 6 heteroatoms. The first-order valence-electron chi connectivity index (χ1n) is 9.94. The Morgan fingerprint density at radius 1 is 1.15 bits per heavy atom. The molecule has 0 radical (unpaired) electrons. The molecule has 5 heterocycles. The molecule has 0 aliphatic carbocycles. The van der Waals surface area contributed by atoms with Crippen LogP contribution in [0, 0.1) is 0 Å². The highest BCUT2D eigenvalue weighted by Gasteiger charge is 2.46. The van der Waals surface area contributed by atoms with Gasteiger partial charge in [0.05, 0.1) is 5.69 Å². The van der Waals surface area contributed by atoms with E-state index >= 15 is 0 Å². The van der Waals surface area contributed by atoms with E-state index in [0.29, 0.717) is 4.59 Å². The molecular formula is C21H29ClN5+. The van der Waals surface area contributed by atoms with Crippen LogP contribution in [0.3, 0.4) is 0 Å². The Kier molecular flexibility index (Phi) is 5.74. The van der Waals surface area contributed by atoms with E-state index in [1.807, 2.05) is 0 Å².